The van der Waals surface area contributed by atoms with E-state index in [0.717, 1.165) is 0 Å². The standard InChI is InChI=1S/C12H19N3O5S2/c1-4-21(17,18)15-9(2)12(16)14-10-6-5-7-11(8-10)22(19,20)13-3/h5-9,13,15H,4H2,1-3H3,(H,14,16)/t9-/m1/s1. The Bertz CT molecular complexity index is 744. The van der Waals surface area contributed by atoms with Crippen LogP contribution >= 0.6 is 0 Å². The van der Waals surface area contributed by atoms with Crippen molar-refractivity contribution in [3.05, 3.63) is 24.3 Å². The fourth-order valence-electron chi connectivity index (χ4n) is 1.52. The van der Waals surface area contributed by atoms with E-state index in [4.69, 9.17) is 0 Å². The van der Waals surface area contributed by atoms with Gasteiger partial charge in [0.25, 0.3) is 0 Å². The highest BCUT2D eigenvalue weighted by atomic mass is 32.2. The summed E-state index contributed by atoms with van der Waals surface area (Å²) < 4.78 is 50.6. The predicted octanol–water partition coefficient (Wildman–Crippen LogP) is -0.139. The quantitative estimate of drug-likeness (QED) is 0.632. The molecule has 1 amide bonds. The summed E-state index contributed by atoms with van der Waals surface area (Å²) in [7, 11) is -5.85. The minimum Gasteiger partial charge on any atom is -0.325 e. The molecule has 0 fully saturated rings. The van der Waals surface area contributed by atoms with Crippen molar-refractivity contribution in [2.24, 2.45) is 0 Å². The van der Waals surface area contributed by atoms with Gasteiger partial charge >= 0.3 is 0 Å². The Kier molecular flexibility index (Phi) is 6.06. The number of benzene rings is 1. The van der Waals surface area contributed by atoms with E-state index in [-0.39, 0.29) is 16.3 Å². The van der Waals surface area contributed by atoms with Gasteiger partial charge < -0.3 is 5.32 Å². The summed E-state index contributed by atoms with van der Waals surface area (Å²) in [5.74, 6) is -0.725. The largest absolute Gasteiger partial charge is 0.325 e. The number of hydrogen-bond acceptors (Lipinski definition) is 5. The molecule has 0 saturated heterocycles. The zero-order valence-electron chi connectivity index (χ0n) is 12.5. The Hall–Kier alpha value is -1.49. The summed E-state index contributed by atoms with van der Waals surface area (Å²) in [4.78, 5) is 11.9. The molecule has 0 radical (unpaired) electrons. The number of carbonyl (C=O) groups excluding carboxylic acids is 1. The summed E-state index contributed by atoms with van der Waals surface area (Å²) in [5, 5.41) is 2.47. The normalized spacial score (nSPS) is 13.6. The first-order valence-corrected chi connectivity index (χ1v) is 9.59. The van der Waals surface area contributed by atoms with E-state index in [1.165, 1.54) is 45.2 Å². The summed E-state index contributed by atoms with van der Waals surface area (Å²) >= 11 is 0. The van der Waals surface area contributed by atoms with Crippen LogP contribution in [0, 0.1) is 0 Å². The molecule has 3 N–H and O–H groups in total. The minimum atomic E-state index is -3.62. The number of carbonyl (C=O) groups is 1. The fraction of sp³-hybridized carbons (Fsp3) is 0.417. The summed E-state index contributed by atoms with van der Waals surface area (Å²) in [6, 6.07) is 4.67. The molecule has 8 nitrogen and oxygen atoms in total. The third-order valence-corrected chi connectivity index (χ3v) is 5.70. The smallest absolute Gasteiger partial charge is 0.242 e. The van der Waals surface area contributed by atoms with E-state index in [2.05, 4.69) is 14.8 Å². The van der Waals surface area contributed by atoms with Crippen molar-refractivity contribution < 1.29 is 21.6 Å². The van der Waals surface area contributed by atoms with E-state index in [0.29, 0.717) is 0 Å². The van der Waals surface area contributed by atoms with Crippen LogP contribution in [-0.4, -0.2) is 41.6 Å². The van der Waals surface area contributed by atoms with Gasteiger partial charge in [-0.15, -0.1) is 0 Å². The van der Waals surface area contributed by atoms with Crippen molar-refractivity contribution in [1.29, 1.82) is 0 Å². The highest BCUT2D eigenvalue weighted by Crippen LogP contribution is 2.15. The zero-order valence-corrected chi connectivity index (χ0v) is 14.1. The van der Waals surface area contributed by atoms with Crippen LogP contribution in [0.2, 0.25) is 0 Å². The lowest BCUT2D eigenvalue weighted by molar-refractivity contribution is -0.117. The maximum atomic E-state index is 11.9. The number of rotatable bonds is 7. The molecule has 0 unspecified atom stereocenters. The van der Waals surface area contributed by atoms with E-state index >= 15 is 0 Å². The van der Waals surface area contributed by atoms with Gasteiger partial charge in [0, 0.05) is 5.69 Å². The molecule has 124 valence electrons. The molecule has 0 aliphatic carbocycles. The van der Waals surface area contributed by atoms with Gasteiger partial charge in [-0.05, 0) is 39.1 Å². The third kappa shape index (κ3) is 5.05. The SMILES string of the molecule is CCS(=O)(=O)N[C@H](C)C(=O)Nc1cccc(S(=O)(=O)NC)c1. The van der Waals surface area contributed by atoms with Crippen LogP contribution in [0.5, 0.6) is 0 Å². The zero-order chi connectivity index (χ0) is 17.0. The number of anilines is 1. The molecular weight excluding hydrogens is 330 g/mol. The molecule has 1 aromatic carbocycles. The second kappa shape index (κ2) is 7.18. The molecule has 1 atom stereocenters. The number of sulfonamides is 2. The predicted molar refractivity (Wildman–Crippen MR) is 83.4 cm³/mol. The third-order valence-electron chi connectivity index (χ3n) is 2.81. The first-order chi connectivity index (χ1) is 10.1. The van der Waals surface area contributed by atoms with Crippen molar-refractivity contribution in [1.82, 2.24) is 9.44 Å². The van der Waals surface area contributed by atoms with E-state index < -0.39 is 32.0 Å². The maximum Gasteiger partial charge on any atom is 0.242 e. The molecule has 10 heteroatoms. The first-order valence-electron chi connectivity index (χ1n) is 6.46. The van der Waals surface area contributed by atoms with Gasteiger partial charge in [-0.25, -0.2) is 26.3 Å². The van der Waals surface area contributed by atoms with Crippen LogP contribution in [-0.2, 0) is 24.8 Å². The van der Waals surface area contributed by atoms with E-state index in [1.54, 1.807) is 0 Å². The Balaban J connectivity index is 2.88. The number of hydrogen-bond donors (Lipinski definition) is 3. The van der Waals surface area contributed by atoms with Crippen LogP contribution in [0.25, 0.3) is 0 Å². The van der Waals surface area contributed by atoms with Gasteiger partial charge in [0.05, 0.1) is 16.7 Å². The average molecular weight is 349 g/mol. The number of nitrogens with one attached hydrogen (secondary N) is 3. The van der Waals surface area contributed by atoms with E-state index in [1.807, 2.05) is 0 Å². The van der Waals surface area contributed by atoms with Gasteiger partial charge in [0.15, 0.2) is 0 Å². The lowest BCUT2D eigenvalue weighted by Gasteiger charge is -2.14. The summed E-state index contributed by atoms with van der Waals surface area (Å²) in [6.07, 6.45) is 0. The van der Waals surface area contributed by atoms with Gasteiger partial charge in [-0.3, -0.25) is 4.79 Å². The molecule has 22 heavy (non-hydrogen) atoms. The Morgan fingerprint density at radius 2 is 1.86 bits per heavy atom. The monoisotopic (exact) mass is 349 g/mol. The lowest BCUT2D eigenvalue weighted by atomic mass is 10.3. The maximum absolute atomic E-state index is 11.9. The molecule has 0 aliphatic heterocycles. The molecule has 0 aromatic heterocycles. The van der Waals surface area contributed by atoms with Crippen LogP contribution in [0.4, 0.5) is 5.69 Å². The Morgan fingerprint density at radius 3 is 2.41 bits per heavy atom. The Labute approximate surface area is 130 Å². The second-order valence-electron chi connectivity index (χ2n) is 4.47. The van der Waals surface area contributed by atoms with Crippen molar-refractivity contribution >= 4 is 31.6 Å². The fourth-order valence-corrected chi connectivity index (χ4v) is 3.10. The molecule has 1 aromatic rings. The lowest BCUT2D eigenvalue weighted by Crippen LogP contribution is -2.42. The molecule has 0 spiro atoms. The minimum absolute atomic E-state index is 0.00501. The van der Waals surface area contributed by atoms with Gasteiger partial charge in [0.1, 0.15) is 0 Å². The van der Waals surface area contributed by atoms with Gasteiger partial charge in [-0.1, -0.05) is 6.07 Å². The van der Waals surface area contributed by atoms with Crippen LogP contribution < -0.4 is 14.8 Å². The molecular formula is C12H19N3O5S2. The first kappa shape index (κ1) is 18.6. The number of amides is 1. The Morgan fingerprint density at radius 1 is 1.23 bits per heavy atom. The molecule has 1 rings (SSSR count). The van der Waals surface area contributed by atoms with Crippen LogP contribution in [0.1, 0.15) is 13.8 Å². The highest BCUT2D eigenvalue weighted by molar-refractivity contribution is 7.89. The topological polar surface area (TPSA) is 121 Å². The van der Waals surface area contributed by atoms with Crippen molar-refractivity contribution in [2.45, 2.75) is 24.8 Å². The molecule has 0 aliphatic rings. The van der Waals surface area contributed by atoms with Crippen molar-refractivity contribution in [3.63, 3.8) is 0 Å². The van der Waals surface area contributed by atoms with Gasteiger partial charge in [0.2, 0.25) is 26.0 Å². The van der Waals surface area contributed by atoms with Gasteiger partial charge in [-0.2, -0.15) is 0 Å². The molecule has 0 saturated carbocycles. The van der Waals surface area contributed by atoms with Crippen molar-refractivity contribution in [3.8, 4) is 0 Å². The molecule has 0 bridgehead atoms. The van der Waals surface area contributed by atoms with Crippen molar-refractivity contribution in [2.75, 3.05) is 18.1 Å². The second-order valence-corrected chi connectivity index (χ2v) is 8.40. The summed E-state index contributed by atoms with van der Waals surface area (Å²) in [5.41, 5.74) is 0.254. The van der Waals surface area contributed by atoms with Crippen LogP contribution in [0.3, 0.4) is 0 Å². The van der Waals surface area contributed by atoms with Crippen LogP contribution in [0.15, 0.2) is 29.2 Å². The summed E-state index contributed by atoms with van der Waals surface area (Å²) in [6.45, 7) is 2.86. The van der Waals surface area contributed by atoms with E-state index in [9.17, 15) is 21.6 Å². The highest BCUT2D eigenvalue weighted by Gasteiger charge is 2.19. The molecule has 0 heterocycles. The average Bonchev–Trinajstić information content (AvgIpc) is 2.47.